The molecule has 3 aromatic rings. The van der Waals surface area contributed by atoms with Crippen LogP contribution in [-0.2, 0) is 19.5 Å². The van der Waals surface area contributed by atoms with E-state index < -0.39 is 0 Å². The van der Waals surface area contributed by atoms with Crippen LogP contribution in [0.15, 0.2) is 30.2 Å². The molecule has 24 heavy (non-hydrogen) atoms. The number of hydrogen-bond donors (Lipinski definition) is 0. The molecule has 0 saturated carbocycles. The number of hydrogen-bond acceptors (Lipinski definition) is 8. The summed E-state index contributed by atoms with van der Waals surface area (Å²) < 4.78 is 5.37. The summed E-state index contributed by atoms with van der Waals surface area (Å²) in [7, 11) is 1.65. The zero-order chi connectivity index (χ0) is 16.4. The summed E-state index contributed by atoms with van der Waals surface area (Å²) in [5.41, 5.74) is 3.18. The number of fused-ring (bicyclic) bond motifs is 1. The topological polar surface area (TPSA) is 76.9 Å². The lowest BCUT2D eigenvalue weighted by atomic mass is 10.1. The molecule has 4 rings (SSSR count). The molecule has 4 heterocycles. The van der Waals surface area contributed by atoms with E-state index in [9.17, 15) is 0 Å². The lowest BCUT2D eigenvalue weighted by molar-refractivity contribution is 0.234. The predicted molar refractivity (Wildman–Crippen MR) is 89.5 cm³/mol. The number of ether oxygens (including phenoxy) is 1. The number of methoxy groups -OCH3 is 1. The van der Waals surface area contributed by atoms with E-state index in [-0.39, 0.29) is 0 Å². The minimum atomic E-state index is 0.668. The third-order valence-electron chi connectivity index (χ3n) is 3.93. The molecule has 7 nitrogen and oxygen atoms in total. The van der Waals surface area contributed by atoms with Gasteiger partial charge >= 0.3 is 0 Å². The van der Waals surface area contributed by atoms with Crippen LogP contribution in [0, 0.1) is 0 Å². The smallest absolute Gasteiger partial charge is 0.220 e. The molecule has 0 spiro atoms. The van der Waals surface area contributed by atoms with Crippen molar-refractivity contribution in [1.29, 1.82) is 0 Å². The minimum Gasteiger partial charge on any atom is -0.481 e. The van der Waals surface area contributed by atoms with Crippen LogP contribution in [0.5, 0.6) is 5.88 Å². The molecule has 0 N–H and O–H groups in total. The van der Waals surface area contributed by atoms with E-state index in [1.807, 2.05) is 0 Å². The third kappa shape index (κ3) is 2.98. The molecule has 0 radical (unpaired) electrons. The predicted octanol–water partition coefficient (Wildman–Crippen LogP) is 1.96. The van der Waals surface area contributed by atoms with E-state index in [4.69, 9.17) is 4.74 Å². The molecule has 0 amide bonds. The van der Waals surface area contributed by atoms with Crippen LogP contribution in [0.3, 0.4) is 0 Å². The van der Waals surface area contributed by atoms with Crippen LogP contribution >= 0.6 is 11.3 Å². The number of aromatic nitrogens is 5. The van der Waals surface area contributed by atoms with E-state index in [0.717, 1.165) is 48.0 Å². The van der Waals surface area contributed by atoms with Crippen molar-refractivity contribution in [3.8, 4) is 16.7 Å². The molecular formula is C16H16N6OS. The van der Waals surface area contributed by atoms with Crippen LogP contribution in [0.1, 0.15) is 17.0 Å². The van der Waals surface area contributed by atoms with Crippen molar-refractivity contribution in [2.75, 3.05) is 13.7 Å². The van der Waals surface area contributed by atoms with Crippen molar-refractivity contribution in [1.82, 2.24) is 29.8 Å². The number of rotatable bonds is 4. The van der Waals surface area contributed by atoms with Crippen LogP contribution in [0.2, 0.25) is 0 Å². The average molecular weight is 340 g/mol. The molecule has 0 aliphatic carbocycles. The Balaban J connectivity index is 1.50. The molecule has 0 unspecified atom stereocenters. The Morgan fingerprint density at radius 1 is 1.21 bits per heavy atom. The van der Waals surface area contributed by atoms with Gasteiger partial charge in [0.1, 0.15) is 6.33 Å². The molecule has 0 atom stereocenters. The summed E-state index contributed by atoms with van der Waals surface area (Å²) in [5.74, 6) is 1.34. The first-order valence-corrected chi connectivity index (χ1v) is 8.52. The lowest BCUT2D eigenvalue weighted by Gasteiger charge is -2.27. The third-order valence-corrected chi connectivity index (χ3v) is 4.82. The Labute approximate surface area is 143 Å². The molecular weight excluding hydrogens is 324 g/mol. The summed E-state index contributed by atoms with van der Waals surface area (Å²) in [6.07, 6.45) is 5.93. The monoisotopic (exact) mass is 340 g/mol. The van der Waals surface area contributed by atoms with Crippen molar-refractivity contribution in [2.45, 2.75) is 19.5 Å². The second-order valence-electron chi connectivity index (χ2n) is 5.49. The van der Waals surface area contributed by atoms with Gasteiger partial charge in [0.05, 0.1) is 18.5 Å². The summed E-state index contributed by atoms with van der Waals surface area (Å²) in [4.78, 5) is 24.1. The van der Waals surface area contributed by atoms with Gasteiger partial charge in [-0.25, -0.2) is 24.9 Å². The van der Waals surface area contributed by atoms with Gasteiger partial charge in [-0.2, -0.15) is 0 Å². The first-order valence-electron chi connectivity index (χ1n) is 7.64. The van der Waals surface area contributed by atoms with Gasteiger partial charge in [-0.15, -0.1) is 11.3 Å². The van der Waals surface area contributed by atoms with Crippen molar-refractivity contribution in [3.63, 3.8) is 0 Å². The minimum absolute atomic E-state index is 0.668. The molecule has 0 saturated heterocycles. The molecule has 122 valence electrons. The second-order valence-corrected chi connectivity index (χ2v) is 6.34. The Kier molecular flexibility index (Phi) is 4.14. The van der Waals surface area contributed by atoms with E-state index in [2.05, 4.69) is 35.2 Å². The van der Waals surface area contributed by atoms with Gasteiger partial charge in [-0.1, -0.05) is 0 Å². The maximum absolute atomic E-state index is 5.37. The molecule has 0 fully saturated rings. The Bertz CT molecular complexity index is 823. The van der Waals surface area contributed by atoms with Gasteiger partial charge in [0.2, 0.25) is 5.88 Å². The van der Waals surface area contributed by atoms with Crippen LogP contribution in [0.25, 0.3) is 10.8 Å². The average Bonchev–Trinajstić information content (AvgIpc) is 3.10. The molecule has 1 aliphatic heterocycles. The van der Waals surface area contributed by atoms with Gasteiger partial charge in [0.15, 0.2) is 10.8 Å². The van der Waals surface area contributed by atoms with Crippen LogP contribution in [-0.4, -0.2) is 43.5 Å². The number of thiazole rings is 1. The van der Waals surface area contributed by atoms with Crippen molar-refractivity contribution >= 4 is 11.3 Å². The molecule has 0 aromatic carbocycles. The fourth-order valence-electron chi connectivity index (χ4n) is 2.80. The standard InChI is InChI=1S/C16H16N6OS/c1-23-15-12-8-22(6-3-13(12)19-10-20-15)7-11-9-24-16(21-11)14-17-4-2-5-18-14/h2,4-5,9-10H,3,6-8H2,1H3. The van der Waals surface area contributed by atoms with E-state index in [0.29, 0.717) is 11.7 Å². The summed E-state index contributed by atoms with van der Waals surface area (Å²) in [6, 6.07) is 1.80. The second kappa shape index (κ2) is 6.58. The Hall–Kier alpha value is -2.45. The zero-order valence-corrected chi connectivity index (χ0v) is 14.0. The maximum Gasteiger partial charge on any atom is 0.220 e. The van der Waals surface area contributed by atoms with Crippen molar-refractivity contribution in [3.05, 3.63) is 47.1 Å². The maximum atomic E-state index is 5.37. The van der Waals surface area contributed by atoms with E-state index in [1.165, 1.54) is 0 Å². The highest BCUT2D eigenvalue weighted by atomic mass is 32.1. The molecule has 8 heteroatoms. The largest absolute Gasteiger partial charge is 0.481 e. The van der Waals surface area contributed by atoms with Gasteiger partial charge in [0, 0.05) is 49.4 Å². The van der Waals surface area contributed by atoms with E-state index in [1.54, 1.807) is 43.2 Å². The summed E-state index contributed by atoms with van der Waals surface area (Å²) >= 11 is 1.57. The first-order chi connectivity index (χ1) is 11.8. The Morgan fingerprint density at radius 3 is 2.92 bits per heavy atom. The fourth-order valence-corrected chi connectivity index (χ4v) is 3.56. The SMILES string of the molecule is COc1ncnc2c1CN(Cc1csc(-c3ncccn3)n1)CC2. The van der Waals surface area contributed by atoms with Crippen LogP contribution < -0.4 is 4.74 Å². The molecule has 3 aromatic heterocycles. The highest BCUT2D eigenvalue weighted by molar-refractivity contribution is 7.13. The zero-order valence-electron chi connectivity index (χ0n) is 13.2. The van der Waals surface area contributed by atoms with Crippen molar-refractivity contribution < 1.29 is 4.74 Å². The van der Waals surface area contributed by atoms with E-state index >= 15 is 0 Å². The highest BCUT2D eigenvalue weighted by Gasteiger charge is 2.22. The first kappa shape index (κ1) is 15.1. The van der Waals surface area contributed by atoms with Crippen LogP contribution in [0.4, 0.5) is 0 Å². The number of nitrogens with zero attached hydrogens (tertiary/aromatic N) is 6. The lowest BCUT2D eigenvalue weighted by Crippen LogP contribution is -2.31. The van der Waals surface area contributed by atoms with Crippen molar-refractivity contribution in [2.24, 2.45) is 0 Å². The fraction of sp³-hybridized carbons (Fsp3) is 0.312. The van der Waals surface area contributed by atoms with Gasteiger partial charge in [-0.05, 0) is 6.07 Å². The van der Waals surface area contributed by atoms with Gasteiger partial charge in [0.25, 0.3) is 0 Å². The summed E-state index contributed by atoms with van der Waals surface area (Å²) in [5, 5.41) is 2.92. The molecule has 1 aliphatic rings. The Morgan fingerprint density at radius 2 is 2.08 bits per heavy atom. The highest BCUT2D eigenvalue weighted by Crippen LogP contribution is 2.26. The van der Waals surface area contributed by atoms with Gasteiger partial charge < -0.3 is 4.74 Å². The van der Waals surface area contributed by atoms with Gasteiger partial charge in [-0.3, -0.25) is 4.90 Å². The normalized spacial score (nSPS) is 14.4. The quantitative estimate of drug-likeness (QED) is 0.718. The summed E-state index contributed by atoms with van der Waals surface area (Å²) in [6.45, 7) is 2.50. The molecule has 0 bridgehead atoms.